The first-order chi connectivity index (χ1) is 9.88. The van der Waals surface area contributed by atoms with E-state index in [2.05, 4.69) is 5.32 Å². The molecule has 0 radical (unpaired) electrons. The number of carbonyl (C=O) groups excluding carboxylic acids is 1. The molecule has 2 N–H and O–H groups in total. The Kier molecular flexibility index (Phi) is 4.66. The van der Waals surface area contributed by atoms with Crippen molar-refractivity contribution < 1.29 is 9.90 Å². The molecule has 1 amide bonds. The van der Waals surface area contributed by atoms with Gasteiger partial charge in [0.1, 0.15) is 0 Å². The van der Waals surface area contributed by atoms with Crippen molar-refractivity contribution in [1.29, 1.82) is 0 Å². The highest BCUT2D eigenvalue weighted by Gasteiger charge is 2.26. The summed E-state index contributed by atoms with van der Waals surface area (Å²) in [5, 5.41) is 13.9. The molecule has 3 nitrogen and oxygen atoms in total. The van der Waals surface area contributed by atoms with E-state index in [1.54, 1.807) is 37.3 Å². The molecule has 21 heavy (non-hydrogen) atoms. The first-order valence-corrected chi connectivity index (χ1v) is 7.10. The van der Waals surface area contributed by atoms with Gasteiger partial charge in [0.25, 0.3) is 0 Å². The van der Waals surface area contributed by atoms with Crippen molar-refractivity contribution >= 4 is 23.2 Å². The minimum absolute atomic E-state index is 0.0148. The molecule has 0 spiro atoms. The Labute approximate surface area is 129 Å². The first-order valence-electron chi connectivity index (χ1n) is 6.72. The second-order valence-electron chi connectivity index (χ2n) is 5.32. The maximum atomic E-state index is 12.1. The molecule has 2 aromatic rings. The zero-order chi connectivity index (χ0) is 15.5. The molecule has 2 rings (SSSR count). The number of hydrogen-bond acceptors (Lipinski definition) is 2. The lowest BCUT2D eigenvalue weighted by Gasteiger charge is -2.23. The lowest BCUT2D eigenvalue weighted by molar-refractivity contribution is -0.120. The van der Waals surface area contributed by atoms with Gasteiger partial charge in [-0.3, -0.25) is 4.79 Å². The number of aliphatic hydroxyl groups is 1. The van der Waals surface area contributed by atoms with Crippen LogP contribution in [0.1, 0.15) is 24.5 Å². The monoisotopic (exact) mass is 303 g/mol. The molecule has 1 unspecified atom stereocenters. The van der Waals surface area contributed by atoms with Gasteiger partial charge < -0.3 is 10.4 Å². The summed E-state index contributed by atoms with van der Waals surface area (Å²) in [4.78, 5) is 12.1. The Bertz CT molecular complexity index is 638. The van der Waals surface area contributed by atoms with E-state index in [0.29, 0.717) is 16.3 Å². The number of halogens is 1. The molecule has 0 saturated carbocycles. The lowest BCUT2D eigenvalue weighted by atomic mass is 9.92. The molecule has 0 aliphatic heterocycles. The van der Waals surface area contributed by atoms with Crippen LogP contribution in [0.2, 0.25) is 5.02 Å². The summed E-state index contributed by atoms with van der Waals surface area (Å²) < 4.78 is 0. The zero-order valence-electron chi connectivity index (χ0n) is 12.1. The number of aryl methyl sites for hydroxylation is 1. The summed E-state index contributed by atoms with van der Waals surface area (Å²) >= 11 is 5.89. The second kappa shape index (κ2) is 6.29. The SMILES string of the molecule is Cc1cc(Cl)ccc1NC(=O)CC(C)(O)c1ccccc1. The fourth-order valence-electron chi connectivity index (χ4n) is 2.17. The van der Waals surface area contributed by atoms with Crippen molar-refractivity contribution in [2.24, 2.45) is 0 Å². The van der Waals surface area contributed by atoms with Crippen LogP contribution >= 0.6 is 11.6 Å². The molecule has 0 aromatic heterocycles. The number of hydrogen-bond donors (Lipinski definition) is 2. The predicted molar refractivity (Wildman–Crippen MR) is 85.4 cm³/mol. The van der Waals surface area contributed by atoms with Crippen LogP contribution in [0, 0.1) is 6.92 Å². The third kappa shape index (κ3) is 4.06. The van der Waals surface area contributed by atoms with E-state index in [4.69, 9.17) is 11.6 Å². The quantitative estimate of drug-likeness (QED) is 0.900. The first kappa shape index (κ1) is 15.5. The summed E-state index contributed by atoms with van der Waals surface area (Å²) in [7, 11) is 0. The molecule has 1 atom stereocenters. The molecule has 0 heterocycles. The van der Waals surface area contributed by atoms with Gasteiger partial charge in [-0.15, -0.1) is 0 Å². The fourth-order valence-corrected chi connectivity index (χ4v) is 2.40. The Morgan fingerprint density at radius 1 is 1.24 bits per heavy atom. The Balaban J connectivity index is 2.08. The van der Waals surface area contributed by atoms with E-state index < -0.39 is 5.60 Å². The third-order valence-electron chi connectivity index (χ3n) is 3.36. The van der Waals surface area contributed by atoms with Gasteiger partial charge in [-0.1, -0.05) is 41.9 Å². The van der Waals surface area contributed by atoms with Crippen molar-refractivity contribution in [3.63, 3.8) is 0 Å². The van der Waals surface area contributed by atoms with E-state index >= 15 is 0 Å². The summed E-state index contributed by atoms with van der Waals surface area (Å²) in [6, 6.07) is 14.4. The predicted octanol–water partition coefficient (Wildman–Crippen LogP) is 3.88. The number of anilines is 1. The molecule has 0 bridgehead atoms. The summed E-state index contributed by atoms with van der Waals surface area (Å²) in [6.07, 6.45) is -0.0148. The smallest absolute Gasteiger partial charge is 0.227 e. The molecule has 2 aromatic carbocycles. The van der Waals surface area contributed by atoms with Crippen molar-refractivity contribution in [3.05, 3.63) is 64.7 Å². The van der Waals surface area contributed by atoms with Gasteiger partial charge in [-0.2, -0.15) is 0 Å². The molecule has 110 valence electrons. The van der Waals surface area contributed by atoms with Crippen LogP contribution in [0.5, 0.6) is 0 Å². The van der Waals surface area contributed by atoms with Gasteiger partial charge in [-0.25, -0.2) is 0 Å². The molecule has 0 aliphatic carbocycles. The molecular weight excluding hydrogens is 286 g/mol. The van der Waals surface area contributed by atoms with Gasteiger partial charge in [-0.05, 0) is 43.2 Å². The van der Waals surface area contributed by atoms with Crippen LogP contribution in [-0.4, -0.2) is 11.0 Å². The Morgan fingerprint density at radius 3 is 2.52 bits per heavy atom. The Morgan fingerprint density at radius 2 is 1.90 bits per heavy atom. The maximum Gasteiger partial charge on any atom is 0.227 e. The van der Waals surface area contributed by atoms with Gasteiger partial charge >= 0.3 is 0 Å². The summed E-state index contributed by atoms with van der Waals surface area (Å²) in [6.45, 7) is 3.51. The van der Waals surface area contributed by atoms with E-state index in [-0.39, 0.29) is 12.3 Å². The summed E-state index contributed by atoms with van der Waals surface area (Å²) in [5.41, 5.74) is 1.10. The van der Waals surface area contributed by atoms with E-state index in [0.717, 1.165) is 5.56 Å². The normalized spacial score (nSPS) is 13.5. The number of nitrogens with one attached hydrogen (secondary N) is 1. The molecule has 4 heteroatoms. The highest BCUT2D eigenvalue weighted by Crippen LogP contribution is 2.25. The number of benzene rings is 2. The van der Waals surface area contributed by atoms with Crippen LogP contribution in [0.3, 0.4) is 0 Å². The fraction of sp³-hybridized carbons (Fsp3) is 0.235. The number of rotatable bonds is 4. The van der Waals surface area contributed by atoms with Gasteiger partial charge in [0.05, 0.1) is 12.0 Å². The molecule has 0 fully saturated rings. The minimum atomic E-state index is -1.20. The number of amides is 1. The zero-order valence-corrected chi connectivity index (χ0v) is 12.8. The van der Waals surface area contributed by atoms with E-state index in [9.17, 15) is 9.90 Å². The van der Waals surface area contributed by atoms with Crippen LogP contribution in [0.25, 0.3) is 0 Å². The van der Waals surface area contributed by atoms with Crippen molar-refractivity contribution in [1.82, 2.24) is 0 Å². The number of carbonyl (C=O) groups is 1. The van der Waals surface area contributed by atoms with E-state index in [1.807, 2.05) is 25.1 Å². The van der Waals surface area contributed by atoms with Gasteiger partial charge in [0.2, 0.25) is 5.91 Å². The lowest BCUT2D eigenvalue weighted by Crippen LogP contribution is -2.28. The average Bonchev–Trinajstić information content (AvgIpc) is 2.42. The van der Waals surface area contributed by atoms with Crippen molar-refractivity contribution in [2.45, 2.75) is 25.9 Å². The standard InChI is InChI=1S/C17H18ClNO2/c1-12-10-14(18)8-9-15(12)19-16(20)11-17(2,21)13-6-4-3-5-7-13/h3-10,21H,11H2,1-2H3,(H,19,20). The largest absolute Gasteiger partial charge is 0.385 e. The molecule has 0 saturated heterocycles. The van der Waals surface area contributed by atoms with Crippen LogP contribution < -0.4 is 5.32 Å². The van der Waals surface area contributed by atoms with Crippen molar-refractivity contribution in [3.8, 4) is 0 Å². The average molecular weight is 304 g/mol. The van der Waals surface area contributed by atoms with E-state index in [1.165, 1.54) is 0 Å². The molecular formula is C17H18ClNO2. The van der Waals surface area contributed by atoms with Gasteiger partial charge in [0, 0.05) is 10.7 Å². The highest BCUT2D eigenvalue weighted by molar-refractivity contribution is 6.30. The third-order valence-corrected chi connectivity index (χ3v) is 3.60. The highest BCUT2D eigenvalue weighted by atomic mass is 35.5. The van der Waals surface area contributed by atoms with Crippen molar-refractivity contribution in [2.75, 3.05) is 5.32 Å². The van der Waals surface area contributed by atoms with Crippen LogP contribution in [0.15, 0.2) is 48.5 Å². The van der Waals surface area contributed by atoms with Crippen LogP contribution in [0.4, 0.5) is 5.69 Å². The maximum absolute atomic E-state index is 12.1. The summed E-state index contributed by atoms with van der Waals surface area (Å²) in [5.74, 6) is -0.241. The molecule has 0 aliphatic rings. The van der Waals surface area contributed by atoms with Crippen LogP contribution in [-0.2, 0) is 10.4 Å². The minimum Gasteiger partial charge on any atom is -0.385 e. The van der Waals surface area contributed by atoms with Gasteiger partial charge in [0.15, 0.2) is 0 Å². The topological polar surface area (TPSA) is 49.3 Å². The Hall–Kier alpha value is -1.84. The second-order valence-corrected chi connectivity index (χ2v) is 5.76.